The number of thioether (sulfide) groups is 1. The van der Waals surface area contributed by atoms with Crippen LogP contribution in [0.25, 0.3) is 10.9 Å². The zero-order chi connectivity index (χ0) is 30.5. The molecule has 6 atom stereocenters. The lowest BCUT2D eigenvalue weighted by atomic mass is 9.62. The maximum Gasteiger partial charge on any atom is 0.198 e. The number of aromatic nitrogens is 1. The minimum absolute atomic E-state index is 0.473. The summed E-state index contributed by atoms with van der Waals surface area (Å²) in [5.41, 5.74) is -6.12. The molecule has 0 saturated carbocycles. The van der Waals surface area contributed by atoms with Crippen LogP contribution in [0.1, 0.15) is 56.7 Å². The molecule has 1 aliphatic heterocycles. The van der Waals surface area contributed by atoms with Crippen molar-refractivity contribution in [3.8, 4) is 0 Å². The number of para-hydroxylation sites is 1. The molecule has 1 unspecified atom stereocenters. The Kier molecular flexibility index (Phi) is 8.20. The normalized spacial score (nSPS) is 28.8. The third-order valence-corrected chi connectivity index (χ3v) is 10.1. The van der Waals surface area contributed by atoms with Crippen molar-refractivity contribution in [3.05, 3.63) is 71.4 Å². The largest absolute Gasteiger partial charge is 0.384 e. The van der Waals surface area contributed by atoms with Gasteiger partial charge in [0.2, 0.25) is 0 Å². The summed E-state index contributed by atoms with van der Waals surface area (Å²) in [5, 5.41) is 44.2. The molecule has 0 radical (unpaired) electrons. The Labute approximate surface area is 242 Å². The van der Waals surface area contributed by atoms with Crippen LogP contribution in [0.5, 0.6) is 0 Å². The van der Waals surface area contributed by atoms with Gasteiger partial charge in [0, 0.05) is 17.1 Å². The summed E-state index contributed by atoms with van der Waals surface area (Å²) < 4.78 is 1.50. The number of ketones is 4. The minimum Gasteiger partial charge on any atom is -0.384 e. The van der Waals surface area contributed by atoms with Crippen LogP contribution in [0.4, 0.5) is 0 Å². The summed E-state index contributed by atoms with van der Waals surface area (Å²) >= 11 is 0.589. The molecular weight excluding hydrogens is 546 g/mol. The van der Waals surface area contributed by atoms with Crippen molar-refractivity contribution >= 4 is 45.8 Å². The number of nitrogens with zero attached hydrogens (tertiary/aromatic N) is 1. The highest BCUT2D eigenvalue weighted by Gasteiger charge is 2.78. The molecule has 1 fully saturated rings. The number of aryl methyl sites for hydroxylation is 1. The van der Waals surface area contributed by atoms with Crippen molar-refractivity contribution in [3.63, 3.8) is 0 Å². The fourth-order valence-electron chi connectivity index (χ4n) is 5.94. The van der Waals surface area contributed by atoms with Crippen molar-refractivity contribution < 1.29 is 39.6 Å². The predicted molar refractivity (Wildman–Crippen MR) is 155 cm³/mol. The third-order valence-electron chi connectivity index (χ3n) is 8.34. The fourth-order valence-corrected chi connectivity index (χ4v) is 7.93. The van der Waals surface area contributed by atoms with Crippen LogP contribution in [0, 0.1) is 0 Å². The van der Waals surface area contributed by atoms with Crippen LogP contribution in [-0.2, 0) is 32.0 Å². The minimum atomic E-state index is -3.41. The number of rotatable bonds is 9. The molecule has 2 heterocycles. The Balaban J connectivity index is 2.00. The first-order valence-corrected chi connectivity index (χ1v) is 14.3. The number of aliphatic hydroxyl groups is 4. The van der Waals surface area contributed by atoms with E-state index >= 15 is 0 Å². The number of hydrogen-bond acceptors (Lipinski definition) is 9. The molecule has 41 heavy (non-hydrogen) atoms. The molecule has 9 nitrogen and oxygen atoms in total. The SMILES string of the molecule is CCc1ccc(Cc2cn([C@H]3S[C@@H](C(O)C(C)=O)[C@](O)(C(C)=O)[C@@](O)(C(C)=O)[C@]3(O)C(C)=O)c3ccccc23)cc1. The molecule has 0 spiro atoms. The van der Waals surface area contributed by atoms with Crippen LogP contribution in [0.3, 0.4) is 0 Å². The van der Waals surface area contributed by atoms with E-state index in [-0.39, 0.29) is 0 Å². The Bertz CT molecular complexity index is 1530. The summed E-state index contributed by atoms with van der Waals surface area (Å²) in [6.07, 6.45) is 1.03. The fraction of sp³-hybridized carbons (Fsp3) is 0.419. The molecule has 3 aromatic rings. The van der Waals surface area contributed by atoms with E-state index in [1.165, 1.54) is 10.1 Å². The smallest absolute Gasteiger partial charge is 0.198 e. The van der Waals surface area contributed by atoms with Crippen molar-refractivity contribution in [2.45, 2.75) is 81.0 Å². The second-order valence-corrected chi connectivity index (χ2v) is 12.0. The number of hydrogen-bond donors (Lipinski definition) is 4. The van der Waals surface area contributed by atoms with E-state index < -0.39 is 56.7 Å². The van der Waals surface area contributed by atoms with Crippen molar-refractivity contribution in [2.24, 2.45) is 0 Å². The third kappa shape index (κ3) is 4.49. The molecule has 0 amide bonds. The summed E-state index contributed by atoms with van der Waals surface area (Å²) in [4.78, 5) is 51.8. The molecule has 218 valence electrons. The molecule has 4 N–H and O–H groups in total. The van der Waals surface area contributed by atoms with Crippen LogP contribution >= 0.6 is 11.8 Å². The van der Waals surface area contributed by atoms with Gasteiger partial charge in [-0.15, -0.1) is 11.8 Å². The number of Topliss-reactive ketones (excluding diaryl/α,β-unsaturated/α-hetero) is 4. The van der Waals surface area contributed by atoms with Crippen molar-refractivity contribution in [2.75, 3.05) is 0 Å². The number of fused-ring (bicyclic) bond motifs is 1. The monoisotopic (exact) mass is 581 g/mol. The lowest BCUT2D eigenvalue weighted by Crippen LogP contribution is -2.83. The van der Waals surface area contributed by atoms with E-state index in [4.69, 9.17) is 0 Å². The molecule has 10 heteroatoms. The Morgan fingerprint density at radius 1 is 0.854 bits per heavy atom. The van der Waals surface area contributed by atoms with Gasteiger partial charge >= 0.3 is 0 Å². The average molecular weight is 582 g/mol. The first-order valence-electron chi connectivity index (χ1n) is 13.4. The van der Waals surface area contributed by atoms with Crippen molar-refractivity contribution in [1.82, 2.24) is 4.57 Å². The highest BCUT2D eigenvalue weighted by atomic mass is 32.2. The topological polar surface area (TPSA) is 154 Å². The van der Waals surface area contributed by atoms with Gasteiger partial charge in [0.1, 0.15) is 11.5 Å². The highest BCUT2D eigenvalue weighted by Crippen LogP contribution is 2.58. The standard InChI is InChI=1S/C31H35NO8S/c1-6-21-11-13-22(14-12-21)15-23-16-32(25-10-8-7-9-24(23)25)28-30(39,19(4)35)31(40,20(5)36)29(38,18(3)34)27(41-28)26(37)17(2)33/h7-14,16,26-28,37-40H,6,15H2,1-5H3/t26?,27-,28-,29+,30-,31-/m0/s1. The van der Waals surface area contributed by atoms with Crippen LogP contribution in [0.2, 0.25) is 0 Å². The van der Waals surface area contributed by atoms with Gasteiger partial charge in [-0.3, -0.25) is 19.2 Å². The van der Waals surface area contributed by atoms with Gasteiger partial charge in [0.25, 0.3) is 0 Å². The predicted octanol–water partition coefficient (Wildman–Crippen LogP) is 2.32. The zero-order valence-corrected chi connectivity index (χ0v) is 24.4. The quantitative estimate of drug-likeness (QED) is 0.298. The lowest BCUT2D eigenvalue weighted by molar-refractivity contribution is -0.239. The van der Waals surface area contributed by atoms with Crippen LogP contribution < -0.4 is 0 Å². The summed E-state index contributed by atoms with van der Waals surface area (Å²) in [6.45, 7) is 5.75. The number of carbonyl (C=O) groups excluding carboxylic acids is 4. The van der Waals surface area contributed by atoms with E-state index in [2.05, 4.69) is 6.92 Å². The molecule has 0 bridgehead atoms. The van der Waals surface area contributed by atoms with E-state index in [1.54, 1.807) is 18.3 Å². The highest BCUT2D eigenvalue weighted by molar-refractivity contribution is 8.00. The van der Waals surface area contributed by atoms with Gasteiger partial charge in [0.05, 0.1) is 5.25 Å². The van der Waals surface area contributed by atoms with E-state index in [1.807, 2.05) is 36.4 Å². The van der Waals surface area contributed by atoms with Gasteiger partial charge in [0.15, 0.2) is 39.9 Å². The van der Waals surface area contributed by atoms with Crippen LogP contribution in [-0.4, -0.2) is 76.3 Å². The molecular formula is C31H35NO8S. The Morgan fingerprint density at radius 2 is 1.41 bits per heavy atom. The Hall–Kier alpha value is -3.15. The average Bonchev–Trinajstić information content (AvgIpc) is 3.29. The zero-order valence-electron chi connectivity index (χ0n) is 23.6. The second-order valence-electron chi connectivity index (χ2n) is 10.8. The number of benzene rings is 2. The number of aliphatic hydroxyl groups excluding tert-OH is 1. The van der Waals surface area contributed by atoms with Crippen molar-refractivity contribution in [1.29, 1.82) is 0 Å². The van der Waals surface area contributed by atoms with Gasteiger partial charge in [-0.05, 0) is 63.3 Å². The van der Waals surface area contributed by atoms with E-state index in [9.17, 15) is 39.6 Å². The molecule has 1 aromatic heterocycles. The summed E-state index contributed by atoms with van der Waals surface area (Å²) in [5.74, 6) is -4.39. The molecule has 1 saturated heterocycles. The summed E-state index contributed by atoms with van der Waals surface area (Å²) in [6, 6.07) is 15.2. The second kappa shape index (κ2) is 10.9. The molecule has 1 aliphatic rings. The van der Waals surface area contributed by atoms with E-state index in [0.717, 1.165) is 50.6 Å². The first-order chi connectivity index (χ1) is 19.2. The maximum atomic E-state index is 13.3. The Morgan fingerprint density at radius 3 is 1.93 bits per heavy atom. The van der Waals surface area contributed by atoms with E-state index in [0.29, 0.717) is 23.7 Å². The van der Waals surface area contributed by atoms with Gasteiger partial charge in [-0.1, -0.05) is 49.4 Å². The molecule has 2 aromatic carbocycles. The van der Waals surface area contributed by atoms with Gasteiger partial charge < -0.3 is 25.0 Å². The summed E-state index contributed by atoms with van der Waals surface area (Å²) in [7, 11) is 0. The first kappa shape index (κ1) is 30.8. The molecule has 4 rings (SSSR count). The number of carbonyl (C=O) groups is 4. The maximum absolute atomic E-state index is 13.3. The van der Waals surface area contributed by atoms with Crippen LogP contribution in [0.15, 0.2) is 54.7 Å². The van der Waals surface area contributed by atoms with Gasteiger partial charge in [-0.2, -0.15) is 0 Å². The lowest BCUT2D eigenvalue weighted by Gasteiger charge is -2.58. The molecule has 0 aliphatic carbocycles. The van der Waals surface area contributed by atoms with Gasteiger partial charge in [-0.25, -0.2) is 0 Å².